The van der Waals surface area contributed by atoms with Gasteiger partial charge in [0.1, 0.15) is 0 Å². The number of halogens is 1. The molecule has 32 heavy (non-hydrogen) atoms. The largest absolute Gasteiger partial charge is 0.466 e. The van der Waals surface area contributed by atoms with Gasteiger partial charge in [-0.1, -0.05) is 24.3 Å². The number of rotatable bonds is 10. The Bertz CT molecular complexity index is 967. The topological polar surface area (TPSA) is 128 Å². The summed E-state index contributed by atoms with van der Waals surface area (Å²) in [4.78, 5) is 34.8. The lowest BCUT2D eigenvalue weighted by Crippen LogP contribution is -2.28. The van der Waals surface area contributed by atoms with Gasteiger partial charge in [0.25, 0.3) is 0 Å². The van der Waals surface area contributed by atoms with Crippen LogP contribution in [0.25, 0.3) is 0 Å². The SMILES string of the molecule is CCOC(=O)CCN(Cc1cccc(CN2CCCC2)c1)c1nc(Cl)nc(N)c1[N+](=O)[O-]. The molecule has 0 atom stereocenters. The molecule has 0 unspecified atom stereocenters. The van der Waals surface area contributed by atoms with Crippen molar-refractivity contribution in [2.75, 3.05) is 36.9 Å². The minimum atomic E-state index is -0.637. The van der Waals surface area contributed by atoms with E-state index in [2.05, 4.69) is 27.0 Å². The van der Waals surface area contributed by atoms with Crippen LogP contribution in [-0.4, -0.2) is 52.0 Å². The predicted molar refractivity (Wildman–Crippen MR) is 121 cm³/mol. The third-order valence-corrected chi connectivity index (χ3v) is 5.38. The van der Waals surface area contributed by atoms with E-state index in [1.807, 2.05) is 12.1 Å². The van der Waals surface area contributed by atoms with Crippen molar-refractivity contribution in [3.63, 3.8) is 0 Å². The van der Waals surface area contributed by atoms with E-state index in [9.17, 15) is 14.9 Å². The van der Waals surface area contributed by atoms with Crippen LogP contribution in [0.2, 0.25) is 5.28 Å². The number of anilines is 2. The van der Waals surface area contributed by atoms with Crippen LogP contribution in [0.15, 0.2) is 24.3 Å². The van der Waals surface area contributed by atoms with Gasteiger partial charge in [-0.25, -0.2) is 0 Å². The van der Waals surface area contributed by atoms with E-state index in [1.54, 1.807) is 11.8 Å². The highest BCUT2D eigenvalue weighted by atomic mass is 35.5. The highest BCUT2D eigenvalue weighted by molar-refractivity contribution is 6.28. The molecular formula is C21H27ClN6O4. The number of carbonyl (C=O) groups is 1. The quantitative estimate of drug-likeness (QED) is 0.245. The molecule has 1 aromatic carbocycles. The van der Waals surface area contributed by atoms with Gasteiger partial charge in [-0.2, -0.15) is 9.97 Å². The average molecular weight is 463 g/mol. The van der Waals surface area contributed by atoms with Crippen LogP contribution in [0, 0.1) is 10.1 Å². The molecular weight excluding hydrogens is 436 g/mol. The van der Waals surface area contributed by atoms with Crippen molar-refractivity contribution in [3.05, 3.63) is 50.8 Å². The lowest BCUT2D eigenvalue weighted by Gasteiger charge is -2.24. The molecule has 10 nitrogen and oxygen atoms in total. The minimum Gasteiger partial charge on any atom is -0.466 e. The number of nitrogens with two attached hydrogens (primary N) is 1. The fourth-order valence-electron chi connectivity index (χ4n) is 3.79. The second-order valence-electron chi connectivity index (χ2n) is 7.59. The van der Waals surface area contributed by atoms with Crippen LogP contribution in [0.3, 0.4) is 0 Å². The zero-order valence-electron chi connectivity index (χ0n) is 18.0. The van der Waals surface area contributed by atoms with Crippen LogP contribution in [-0.2, 0) is 22.6 Å². The minimum absolute atomic E-state index is 0.0262. The summed E-state index contributed by atoms with van der Waals surface area (Å²) >= 11 is 5.96. The number of hydrogen-bond donors (Lipinski definition) is 1. The lowest BCUT2D eigenvalue weighted by molar-refractivity contribution is -0.383. The van der Waals surface area contributed by atoms with Crippen LogP contribution in [0.1, 0.15) is 37.3 Å². The molecule has 0 amide bonds. The number of nitro groups is 1. The predicted octanol–water partition coefficient (Wildman–Crippen LogP) is 3.18. The van der Waals surface area contributed by atoms with Gasteiger partial charge in [0.2, 0.25) is 16.9 Å². The Labute approximate surface area is 191 Å². The molecule has 2 heterocycles. The standard InChI is InChI=1S/C21H27ClN6O4/c1-2-32-17(29)8-11-27(20-18(28(30)31)19(23)24-21(22)25-20)14-16-7-5-6-15(12-16)13-26-9-3-4-10-26/h5-7,12H,2-4,8-11,13-14H2,1H3,(H2,23,24,25). The Hall–Kier alpha value is -2.98. The summed E-state index contributed by atoms with van der Waals surface area (Å²) in [6.45, 7) is 5.41. The Balaban J connectivity index is 1.89. The summed E-state index contributed by atoms with van der Waals surface area (Å²) in [5.41, 5.74) is 7.42. The zero-order valence-corrected chi connectivity index (χ0v) is 18.8. The molecule has 1 saturated heterocycles. The average Bonchev–Trinajstić information content (AvgIpc) is 3.23. The van der Waals surface area contributed by atoms with Crippen LogP contribution in [0.5, 0.6) is 0 Å². The Morgan fingerprint density at radius 1 is 1.31 bits per heavy atom. The number of carbonyl (C=O) groups excluding carboxylic acids is 1. The summed E-state index contributed by atoms with van der Waals surface area (Å²) in [5, 5.41) is 11.5. The molecule has 0 radical (unpaired) electrons. The van der Waals surface area contributed by atoms with Crippen molar-refractivity contribution in [2.24, 2.45) is 0 Å². The van der Waals surface area contributed by atoms with E-state index in [0.29, 0.717) is 0 Å². The maximum atomic E-state index is 12.0. The fraction of sp³-hybridized carbons (Fsp3) is 0.476. The molecule has 0 saturated carbocycles. The molecule has 11 heteroatoms. The van der Waals surface area contributed by atoms with Gasteiger partial charge in [0.15, 0.2) is 0 Å². The van der Waals surface area contributed by atoms with E-state index in [4.69, 9.17) is 22.1 Å². The Kier molecular flexibility index (Phi) is 8.18. The highest BCUT2D eigenvalue weighted by Crippen LogP contribution is 2.33. The number of likely N-dealkylation sites (tertiary alicyclic amines) is 1. The third kappa shape index (κ3) is 6.27. The Morgan fingerprint density at radius 3 is 2.72 bits per heavy atom. The normalized spacial score (nSPS) is 13.8. The Morgan fingerprint density at radius 2 is 2.03 bits per heavy atom. The van der Waals surface area contributed by atoms with Gasteiger partial charge in [0.05, 0.1) is 18.0 Å². The summed E-state index contributed by atoms with van der Waals surface area (Å²) in [7, 11) is 0. The van der Waals surface area contributed by atoms with Crippen LogP contribution < -0.4 is 10.6 Å². The van der Waals surface area contributed by atoms with Crippen molar-refractivity contribution in [1.29, 1.82) is 0 Å². The molecule has 0 bridgehead atoms. The number of nitrogens with zero attached hydrogens (tertiary/aromatic N) is 5. The van der Waals surface area contributed by atoms with E-state index in [1.165, 1.54) is 12.8 Å². The zero-order chi connectivity index (χ0) is 23.1. The van der Waals surface area contributed by atoms with Crippen LogP contribution >= 0.6 is 11.6 Å². The van der Waals surface area contributed by atoms with E-state index in [0.717, 1.165) is 30.8 Å². The fourth-order valence-corrected chi connectivity index (χ4v) is 3.96. The molecule has 1 fully saturated rings. The molecule has 172 valence electrons. The molecule has 0 aliphatic carbocycles. The number of aromatic nitrogens is 2. The van der Waals surface area contributed by atoms with E-state index >= 15 is 0 Å². The summed E-state index contributed by atoms with van der Waals surface area (Å²) in [6.07, 6.45) is 2.45. The van der Waals surface area contributed by atoms with Crippen molar-refractivity contribution in [1.82, 2.24) is 14.9 Å². The number of hydrogen-bond acceptors (Lipinski definition) is 9. The molecule has 1 aromatic heterocycles. The first-order valence-electron chi connectivity index (χ1n) is 10.6. The number of esters is 1. The maximum Gasteiger partial charge on any atom is 0.353 e. The van der Waals surface area contributed by atoms with Crippen molar-refractivity contribution in [2.45, 2.75) is 39.3 Å². The van der Waals surface area contributed by atoms with Gasteiger partial charge in [-0.15, -0.1) is 0 Å². The van der Waals surface area contributed by atoms with Crippen molar-refractivity contribution in [3.8, 4) is 0 Å². The summed E-state index contributed by atoms with van der Waals surface area (Å²) < 4.78 is 5.01. The molecule has 1 aliphatic heterocycles. The molecule has 2 aromatic rings. The first-order valence-corrected chi connectivity index (χ1v) is 10.9. The lowest BCUT2D eigenvalue weighted by atomic mass is 10.1. The van der Waals surface area contributed by atoms with Gasteiger partial charge < -0.3 is 15.4 Å². The van der Waals surface area contributed by atoms with Crippen molar-refractivity contribution >= 4 is 34.9 Å². The second-order valence-corrected chi connectivity index (χ2v) is 7.93. The monoisotopic (exact) mass is 462 g/mol. The number of nitrogen functional groups attached to an aromatic ring is 1. The number of benzene rings is 1. The van der Waals surface area contributed by atoms with Crippen molar-refractivity contribution < 1.29 is 14.5 Å². The molecule has 2 N–H and O–H groups in total. The van der Waals surface area contributed by atoms with Gasteiger partial charge in [0, 0.05) is 19.6 Å². The molecule has 1 aliphatic rings. The summed E-state index contributed by atoms with van der Waals surface area (Å²) in [5.74, 6) is -0.758. The highest BCUT2D eigenvalue weighted by Gasteiger charge is 2.28. The number of ether oxygens (including phenoxy) is 1. The summed E-state index contributed by atoms with van der Waals surface area (Å²) in [6, 6.07) is 8.02. The first-order chi connectivity index (χ1) is 15.4. The van der Waals surface area contributed by atoms with Gasteiger partial charge >= 0.3 is 11.7 Å². The van der Waals surface area contributed by atoms with Gasteiger partial charge in [-0.05, 0) is 55.6 Å². The third-order valence-electron chi connectivity index (χ3n) is 5.21. The first kappa shape index (κ1) is 23.7. The second kappa shape index (κ2) is 11.1. The van der Waals surface area contributed by atoms with Gasteiger partial charge in [-0.3, -0.25) is 19.8 Å². The molecule has 0 spiro atoms. The van der Waals surface area contributed by atoms with E-state index in [-0.39, 0.29) is 43.0 Å². The molecule has 3 rings (SSSR count). The van der Waals surface area contributed by atoms with E-state index < -0.39 is 16.6 Å². The van der Waals surface area contributed by atoms with Crippen LogP contribution in [0.4, 0.5) is 17.3 Å². The smallest absolute Gasteiger partial charge is 0.353 e. The maximum absolute atomic E-state index is 12.0.